The van der Waals surface area contributed by atoms with E-state index in [1.807, 2.05) is 0 Å². The van der Waals surface area contributed by atoms with Crippen LogP contribution in [-0.2, 0) is 33.3 Å². The molecule has 22 valence electrons. The topological polar surface area (TPSA) is 0 Å². The first-order valence-electron chi connectivity index (χ1n) is 0. The molecular weight excluding hydrogens is 262 g/mol. The third-order valence-corrected chi connectivity index (χ3v) is 0. The first-order valence-corrected chi connectivity index (χ1v) is 0. The monoisotopic (exact) mass is 262 g/mol. The first kappa shape index (κ1) is 27.2. The van der Waals surface area contributed by atoms with Gasteiger partial charge in [0.15, 0.2) is 0 Å². The fraction of sp³-hybridized carbons (Fsp3) is 0. The molecular formula is BaCoLiNi. The van der Waals surface area contributed by atoms with Crippen LogP contribution in [0.3, 0.4) is 0 Å². The van der Waals surface area contributed by atoms with Crippen molar-refractivity contribution in [2.24, 2.45) is 0 Å². The van der Waals surface area contributed by atoms with E-state index >= 15 is 0 Å². The minimum Gasteiger partial charge on any atom is 0 e. The maximum atomic E-state index is 0. The van der Waals surface area contributed by atoms with Crippen LogP contribution in [0.1, 0.15) is 0 Å². The Morgan fingerprint density at radius 3 is 1.00 bits per heavy atom. The van der Waals surface area contributed by atoms with E-state index in [0.717, 1.165) is 0 Å². The Bertz CT molecular complexity index is 8.00. The fourth-order valence-corrected chi connectivity index (χ4v) is 0. The normalized spacial score (nSPS) is 0. The van der Waals surface area contributed by atoms with E-state index in [0.29, 0.717) is 0 Å². The van der Waals surface area contributed by atoms with Crippen molar-refractivity contribution in [2.45, 2.75) is 0 Å². The zero-order valence-electron chi connectivity index (χ0n) is 2.36. The molecule has 0 N–H and O–H groups in total. The molecule has 0 unspecified atom stereocenters. The van der Waals surface area contributed by atoms with Gasteiger partial charge < -0.3 is 0 Å². The summed E-state index contributed by atoms with van der Waals surface area (Å²) < 4.78 is 0. The molecule has 0 amide bonds. The van der Waals surface area contributed by atoms with Gasteiger partial charge in [-0.3, -0.25) is 0 Å². The van der Waals surface area contributed by atoms with Crippen molar-refractivity contribution in [3.8, 4) is 0 Å². The maximum Gasteiger partial charge on any atom is 0 e. The molecule has 0 fully saturated rings. The number of hydrogen-bond acceptors (Lipinski definition) is 0. The van der Waals surface area contributed by atoms with Crippen LogP contribution in [0, 0.1) is 0 Å². The zero-order chi connectivity index (χ0) is 0. The molecule has 0 aliphatic carbocycles. The van der Waals surface area contributed by atoms with E-state index < -0.39 is 0 Å². The summed E-state index contributed by atoms with van der Waals surface area (Å²) in [6, 6.07) is 0. The maximum absolute atomic E-state index is 0. The molecule has 0 rings (SSSR count). The average Bonchev–Trinajstić information content (AvgIpc) is 0. The second-order valence-corrected chi connectivity index (χ2v) is 0. The van der Waals surface area contributed by atoms with Gasteiger partial charge in [0, 0.05) is 101 Å². The molecule has 0 spiro atoms. The van der Waals surface area contributed by atoms with Crippen molar-refractivity contribution >= 4 is 67.7 Å². The van der Waals surface area contributed by atoms with Gasteiger partial charge in [0.1, 0.15) is 0 Å². The van der Waals surface area contributed by atoms with Gasteiger partial charge in [-0.1, -0.05) is 0 Å². The van der Waals surface area contributed by atoms with E-state index in [2.05, 4.69) is 0 Å². The molecule has 4 radical (unpaired) electrons. The van der Waals surface area contributed by atoms with Crippen LogP contribution in [0.4, 0.5) is 0 Å². The van der Waals surface area contributed by atoms with Crippen molar-refractivity contribution in [3.05, 3.63) is 0 Å². The largest absolute Gasteiger partial charge is 0 e. The summed E-state index contributed by atoms with van der Waals surface area (Å²) in [6.45, 7) is 0. The molecule has 0 aliphatic heterocycles. The van der Waals surface area contributed by atoms with Gasteiger partial charge in [0.25, 0.3) is 0 Å². The second-order valence-electron chi connectivity index (χ2n) is 0. The zero-order valence-corrected chi connectivity index (χ0v) is 8.83. The van der Waals surface area contributed by atoms with Crippen LogP contribution in [0.2, 0.25) is 0 Å². The second kappa shape index (κ2) is 16.4. The van der Waals surface area contributed by atoms with Gasteiger partial charge in [-0.2, -0.15) is 0 Å². The fourth-order valence-electron chi connectivity index (χ4n) is 0. The third kappa shape index (κ3) is 8.95. The summed E-state index contributed by atoms with van der Waals surface area (Å²) in [5.74, 6) is 0. The quantitative estimate of drug-likeness (QED) is 0.503. The van der Waals surface area contributed by atoms with Gasteiger partial charge in [0.2, 0.25) is 0 Å². The van der Waals surface area contributed by atoms with Crippen LogP contribution >= 0.6 is 0 Å². The third-order valence-electron chi connectivity index (χ3n) is 0. The average molecular weight is 262 g/mol. The molecule has 4 heteroatoms. The van der Waals surface area contributed by atoms with Gasteiger partial charge >= 0.3 is 0 Å². The Morgan fingerprint density at radius 2 is 1.00 bits per heavy atom. The van der Waals surface area contributed by atoms with Crippen molar-refractivity contribution in [1.29, 1.82) is 0 Å². The van der Waals surface area contributed by atoms with E-state index in [1.54, 1.807) is 0 Å². The molecule has 0 aromatic heterocycles. The Morgan fingerprint density at radius 1 is 1.00 bits per heavy atom. The van der Waals surface area contributed by atoms with Crippen LogP contribution < -0.4 is 0 Å². The Hall–Kier alpha value is 3.17. The van der Waals surface area contributed by atoms with Crippen molar-refractivity contribution in [1.82, 2.24) is 0 Å². The summed E-state index contributed by atoms with van der Waals surface area (Å²) in [7, 11) is 0. The minimum absolute atomic E-state index is 0. The first-order chi connectivity index (χ1) is 0. The van der Waals surface area contributed by atoms with Crippen LogP contribution in [-0.4, -0.2) is 67.7 Å². The SMILES string of the molecule is [Ba].[Co].[Li].[Ni]. The van der Waals surface area contributed by atoms with E-state index in [-0.39, 0.29) is 101 Å². The number of hydrogen-bond donors (Lipinski definition) is 0. The summed E-state index contributed by atoms with van der Waals surface area (Å²) in [5, 5.41) is 0. The molecule has 0 aliphatic rings. The Balaban J connectivity index is 0. The molecule has 0 bridgehead atoms. The van der Waals surface area contributed by atoms with Crippen molar-refractivity contribution < 1.29 is 33.3 Å². The van der Waals surface area contributed by atoms with Crippen LogP contribution in [0.15, 0.2) is 0 Å². The van der Waals surface area contributed by atoms with Crippen LogP contribution in [0.25, 0.3) is 0 Å². The summed E-state index contributed by atoms with van der Waals surface area (Å²) in [4.78, 5) is 0. The van der Waals surface area contributed by atoms with Gasteiger partial charge in [0.05, 0.1) is 0 Å². The summed E-state index contributed by atoms with van der Waals surface area (Å²) >= 11 is 0. The van der Waals surface area contributed by atoms with Gasteiger partial charge in [-0.05, 0) is 0 Å². The van der Waals surface area contributed by atoms with Gasteiger partial charge in [-0.25, -0.2) is 0 Å². The standard InChI is InChI=1S/Ba.Co.Li.Ni. The van der Waals surface area contributed by atoms with Crippen molar-refractivity contribution in [3.63, 3.8) is 0 Å². The Kier molecular flexibility index (Phi) is 111. The van der Waals surface area contributed by atoms with Crippen LogP contribution in [0.5, 0.6) is 0 Å². The van der Waals surface area contributed by atoms with Gasteiger partial charge in [-0.15, -0.1) is 0 Å². The smallest absolute Gasteiger partial charge is 0 e. The predicted molar refractivity (Wildman–Crippen MR) is 11.5 cm³/mol. The molecule has 4 heavy (non-hydrogen) atoms. The molecule has 0 aromatic carbocycles. The summed E-state index contributed by atoms with van der Waals surface area (Å²) in [6.07, 6.45) is 0. The molecule has 0 saturated heterocycles. The number of rotatable bonds is 0. The van der Waals surface area contributed by atoms with E-state index in [9.17, 15) is 0 Å². The van der Waals surface area contributed by atoms with E-state index in [1.165, 1.54) is 0 Å². The molecule has 0 heterocycles. The molecule has 0 atom stereocenters. The predicted octanol–water partition coefficient (Wildman–Crippen LogP) is -0.767. The molecule has 0 aromatic rings. The minimum atomic E-state index is 0. The summed E-state index contributed by atoms with van der Waals surface area (Å²) in [5.41, 5.74) is 0. The van der Waals surface area contributed by atoms with Crippen molar-refractivity contribution in [2.75, 3.05) is 0 Å². The van der Waals surface area contributed by atoms with E-state index in [4.69, 9.17) is 0 Å². The molecule has 0 saturated carbocycles. The molecule has 0 nitrogen and oxygen atoms in total. The Labute approximate surface area is 98.6 Å².